The van der Waals surface area contributed by atoms with Gasteiger partial charge in [-0.15, -0.1) is 0 Å². The molecule has 1 aliphatic rings. The molecule has 126 valence electrons. The Morgan fingerprint density at radius 1 is 1.23 bits per heavy atom. The van der Waals surface area contributed by atoms with Crippen LogP contribution in [-0.2, 0) is 33.3 Å². The molecule has 0 spiro atoms. The predicted octanol–water partition coefficient (Wildman–Crippen LogP) is 0.866. The van der Waals surface area contributed by atoms with Crippen molar-refractivity contribution in [3.8, 4) is 0 Å². The number of rotatable bonds is 7. The zero-order valence-electron chi connectivity index (χ0n) is 13.2. The number of carboxylic acid groups (broad SMARTS) is 1. The van der Waals surface area contributed by atoms with Crippen LogP contribution in [0.3, 0.4) is 0 Å². The van der Waals surface area contributed by atoms with Gasteiger partial charge in [-0.05, 0) is 27.2 Å². The van der Waals surface area contributed by atoms with Crippen LogP contribution in [0, 0.1) is 0 Å². The van der Waals surface area contributed by atoms with Gasteiger partial charge in [0.2, 0.25) is 0 Å². The van der Waals surface area contributed by atoms with Gasteiger partial charge in [0.25, 0.3) is 0 Å². The average molecular weight is 318 g/mol. The molecule has 22 heavy (non-hydrogen) atoms. The lowest BCUT2D eigenvalue weighted by Crippen LogP contribution is -2.40. The van der Waals surface area contributed by atoms with Crippen molar-refractivity contribution in [3.63, 3.8) is 0 Å². The lowest BCUT2D eigenvalue weighted by Gasteiger charge is -2.17. The zero-order chi connectivity index (χ0) is 16.9. The molecule has 0 unspecified atom stereocenters. The van der Waals surface area contributed by atoms with Crippen LogP contribution in [0.2, 0.25) is 0 Å². The highest BCUT2D eigenvalue weighted by Gasteiger charge is 2.50. The molecule has 1 fully saturated rings. The van der Waals surface area contributed by atoms with E-state index < -0.39 is 42.0 Å². The van der Waals surface area contributed by atoms with E-state index >= 15 is 0 Å². The minimum Gasteiger partial charge on any atom is -0.479 e. The van der Waals surface area contributed by atoms with Gasteiger partial charge in [-0.1, -0.05) is 13.3 Å². The maximum atomic E-state index is 12.0. The molecule has 1 heterocycles. The highest BCUT2D eigenvalue weighted by atomic mass is 16.8. The molecule has 1 saturated heterocycles. The minimum absolute atomic E-state index is 0.241. The highest BCUT2D eigenvalue weighted by molar-refractivity contribution is 5.87. The summed E-state index contributed by atoms with van der Waals surface area (Å²) in [5.74, 6) is -4.23. The van der Waals surface area contributed by atoms with Crippen molar-refractivity contribution < 1.29 is 38.4 Å². The first kappa shape index (κ1) is 18.4. The molecule has 1 aliphatic heterocycles. The number of ether oxygens (including phenoxy) is 4. The standard InChI is InChI=1S/C14H22O8/c1-5-6-7-19-12(17)8(2)20-13(18)10-9(11(15)16)21-14(3,4)22-10/h8-10H,5-7H2,1-4H3,(H,15,16)/t8-,9+,10+/m0/s1. The maximum Gasteiger partial charge on any atom is 0.347 e. The number of carbonyl (C=O) groups is 3. The molecule has 8 nitrogen and oxygen atoms in total. The molecular formula is C14H22O8. The van der Waals surface area contributed by atoms with E-state index in [0.717, 1.165) is 6.42 Å². The second kappa shape index (κ2) is 7.55. The summed E-state index contributed by atoms with van der Waals surface area (Å²) < 4.78 is 20.2. The molecule has 0 aromatic heterocycles. The molecule has 8 heteroatoms. The largest absolute Gasteiger partial charge is 0.479 e. The Morgan fingerprint density at radius 3 is 2.36 bits per heavy atom. The van der Waals surface area contributed by atoms with Crippen LogP contribution < -0.4 is 0 Å². The van der Waals surface area contributed by atoms with Gasteiger partial charge in [-0.2, -0.15) is 0 Å². The van der Waals surface area contributed by atoms with E-state index in [2.05, 4.69) is 0 Å². The van der Waals surface area contributed by atoms with Gasteiger partial charge in [-0.3, -0.25) is 0 Å². The van der Waals surface area contributed by atoms with Crippen molar-refractivity contribution >= 4 is 17.9 Å². The van der Waals surface area contributed by atoms with E-state index in [-0.39, 0.29) is 6.61 Å². The normalized spacial score (nSPS) is 24.5. The third kappa shape index (κ3) is 4.96. The summed E-state index contributed by atoms with van der Waals surface area (Å²) in [4.78, 5) is 34.7. The molecule has 0 bridgehead atoms. The van der Waals surface area contributed by atoms with E-state index in [0.29, 0.717) is 6.42 Å². The summed E-state index contributed by atoms with van der Waals surface area (Å²) in [6.45, 7) is 6.51. The maximum absolute atomic E-state index is 12.0. The lowest BCUT2D eigenvalue weighted by molar-refractivity contribution is -0.180. The van der Waals surface area contributed by atoms with Crippen molar-refractivity contribution in [2.45, 2.75) is 64.6 Å². The first-order valence-electron chi connectivity index (χ1n) is 7.13. The Balaban J connectivity index is 2.59. The van der Waals surface area contributed by atoms with Crippen LogP contribution in [-0.4, -0.2) is 53.7 Å². The molecular weight excluding hydrogens is 296 g/mol. The summed E-state index contributed by atoms with van der Waals surface area (Å²) in [5.41, 5.74) is 0. The number of esters is 2. The molecule has 0 aliphatic carbocycles. The van der Waals surface area contributed by atoms with Crippen molar-refractivity contribution in [1.82, 2.24) is 0 Å². The van der Waals surface area contributed by atoms with E-state index in [4.69, 9.17) is 24.1 Å². The van der Waals surface area contributed by atoms with Gasteiger partial charge in [0.05, 0.1) is 6.61 Å². The summed E-state index contributed by atoms with van der Waals surface area (Å²) in [5, 5.41) is 9.05. The predicted molar refractivity (Wildman–Crippen MR) is 72.9 cm³/mol. The third-order valence-electron chi connectivity index (χ3n) is 2.94. The number of unbranched alkanes of at least 4 members (excludes halogenated alkanes) is 1. The summed E-state index contributed by atoms with van der Waals surface area (Å²) in [6.07, 6.45) is -2.49. The fraction of sp³-hybridized carbons (Fsp3) is 0.786. The van der Waals surface area contributed by atoms with Crippen molar-refractivity contribution in [2.75, 3.05) is 6.61 Å². The number of hydrogen-bond donors (Lipinski definition) is 1. The monoisotopic (exact) mass is 318 g/mol. The molecule has 1 N–H and O–H groups in total. The number of carbonyl (C=O) groups excluding carboxylic acids is 2. The average Bonchev–Trinajstić information content (AvgIpc) is 2.75. The Morgan fingerprint density at radius 2 is 1.82 bits per heavy atom. The smallest absolute Gasteiger partial charge is 0.347 e. The van der Waals surface area contributed by atoms with Crippen LogP contribution in [0.5, 0.6) is 0 Å². The molecule has 1 rings (SSSR count). The summed E-state index contributed by atoms with van der Waals surface area (Å²) in [7, 11) is 0. The van der Waals surface area contributed by atoms with Crippen LogP contribution in [0.15, 0.2) is 0 Å². The fourth-order valence-electron chi connectivity index (χ4n) is 1.84. The number of carboxylic acids is 1. The Kier molecular flexibility index (Phi) is 6.31. The molecule has 0 aromatic carbocycles. The van der Waals surface area contributed by atoms with Crippen molar-refractivity contribution in [3.05, 3.63) is 0 Å². The number of aliphatic carboxylic acids is 1. The highest BCUT2D eigenvalue weighted by Crippen LogP contribution is 2.29. The second-order valence-electron chi connectivity index (χ2n) is 5.42. The zero-order valence-corrected chi connectivity index (χ0v) is 13.2. The van der Waals surface area contributed by atoms with E-state index in [1.165, 1.54) is 20.8 Å². The second-order valence-corrected chi connectivity index (χ2v) is 5.42. The van der Waals surface area contributed by atoms with Crippen molar-refractivity contribution in [1.29, 1.82) is 0 Å². The van der Waals surface area contributed by atoms with Gasteiger partial charge in [0, 0.05) is 0 Å². The summed E-state index contributed by atoms with van der Waals surface area (Å²) >= 11 is 0. The van der Waals surface area contributed by atoms with E-state index in [1.54, 1.807) is 0 Å². The first-order chi connectivity index (χ1) is 10.2. The SMILES string of the molecule is CCCCOC(=O)[C@H](C)OC(=O)[C@@H]1OC(C)(C)O[C@H]1C(=O)O. The quantitative estimate of drug-likeness (QED) is 0.544. The Hall–Kier alpha value is -1.67. The molecule has 0 saturated carbocycles. The van der Waals surface area contributed by atoms with Crippen LogP contribution >= 0.6 is 0 Å². The van der Waals surface area contributed by atoms with Crippen LogP contribution in [0.25, 0.3) is 0 Å². The van der Waals surface area contributed by atoms with Crippen molar-refractivity contribution in [2.24, 2.45) is 0 Å². The first-order valence-corrected chi connectivity index (χ1v) is 7.13. The van der Waals surface area contributed by atoms with Gasteiger partial charge in [0.1, 0.15) is 0 Å². The molecule has 0 radical (unpaired) electrons. The van der Waals surface area contributed by atoms with Crippen LogP contribution in [0.1, 0.15) is 40.5 Å². The Labute approximate surface area is 128 Å². The van der Waals surface area contributed by atoms with E-state index in [9.17, 15) is 14.4 Å². The van der Waals surface area contributed by atoms with E-state index in [1.807, 2.05) is 6.92 Å². The molecule has 3 atom stereocenters. The lowest BCUT2D eigenvalue weighted by atomic mass is 10.2. The molecule has 0 amide bonds. The molecule has 0 aromatic rings. The number of hydrogen-bond acceptors (Lipinski definition) is 7. The topological polar surface area (TPSA) is 108 Å². The van der Waals surface area contributed by atoms with Gasteiger partial charge in [0.15, 0.2) is 24.1 Å². The third-order valence-corrected chi connectivity index (χ3v) is 2.94. The van der Waals surface area contributed by atoms with Gasteiger partial charge in [-0.25, -0.2) is 14.4 Å². The Bertz CT molecular complexity index is 431. The summed E-state index contributed by atoms with van der Waals surface area (Å²) in [6, 6.07) is 0. The fourth-order valence-corrected chi connectivity index (χ4v) is 1.84. The van der Waals surface area contributed by atoms with Gasteiger partial charge >= 0.3 is 17.9 Å². The minimum atomic E-state index is -1.48. The van der Waals surface area contributed by atoms with Gasteiger partial charge < -0.3 is 24.1 Å². The van der Waals surface area contributed by atoms with Crippen LogP contribution in [0.4, 0.5) is 0 Å².